The summed E-state index contributed by atoms with van der Waals surface area (Å²) < 4.78 is 6.15. The number of hydrogen-bond acceptors (Lipinski definition) is 5. The molecule has 0 fully saturated rings. The molecule has 3 N–H and O–H groups in total. The van der Waals surface area contributed by atoms with E-state index in [9.17, 15) is 0 Å². The Kier molecular flexibility index (Phi) is 4.71. The van der Waals surface area contributed by atoms with Crippen LogP contribution >= 0.6 is 27.3 Å². The Morgan fingerprint density at radius 1 is 1.56 bits per heavy atom. The highest BCUT2D eigenvalue weighted by molar-refractivity contribution is 9.10. The van der Waals surface area contributed by atoms with Crippen molar-refractivity contribution in [3.63, 3.8) is 0 Å². The van der Waals surface area contributed by atoms with Crippen molar-refractivity contribution in [1.82, 2.24) is 10.4 Å². The van der Waals surface area contributed by atoms with Gasteiger partial charge in [0.25, 0.3) is 0 Å². The van der Waals surface area contributed by atoms with Gasteiger partial charge in [0.1, 0.15) is 5.75 Å². The van der Waals surface area contributed by atoms with E-state index in [-0.39, 0.29) is 6.04 Å². The topological polar surface area (TPSA) is 60.2 Å². The maximum atomic E-state index is 5.61. The lowest BCUT2D eigenvalue weighted by Gasteiger charge is -2.13. The highest BCUT2D eigenvalue weighted by Crippen LogP contribution is 2.28. The first-order chi connectivity index (χ1) is 8.72. The second-order valence-corrected chi connectivity index (χ2v) is 5.64. The average molecular weight is 328 g/mol. The predicted octanol–water partition coefficient (Wildman–Crippen LogP) is 2.66. The fourth-order valence-electron chi connectivity index (χ4n) is 1.60. The van der Waals surface area contributed by atoms with Gasteiger partial charge in [-0.05, 0) is 34.1 Å². The molecular weight excluding hydrogens is 314 g/mol. The third-order valence-corrected chi connectivity index (χ3v) is 4.07. The number of pyridine rings is 1. The first-order valence-electron chi connectivity index (χ1n) is 5.42. The normalized spacial score (nSPS) is 12.4. The van der Waals surface area contributed by atoms with Crippen LogP contribution in [0.4, 0.5) is 0 Å². The van der Waals surface area contributed by atoms with Crippen molar-refractivity contribution in [2.75, 3.05) is 7.11 Å². The molecule has 0 aliphatic rings. The standard InChI is InChI=1S/C12H14BrN3OS/c1-17-10-5-12(18-7-10)11(16-14)4-9-3-2-8(13)6-15-9/h2-3,5-7,11,16H,4,14H2,1H3. The predicted molar refractivity (Wildman–Crippen MR) is 76.6 cm³/mol. The van der Waals surface area contributed by atoms with Crippen LogP contribution in [0, 0.1) is 0 Å². The van der Waals surface area contributed by atoms with Gasteiger partial charge < -0.3 is 4.74 Å². The molecule has 96 valence electrons. The summed E-state index contributed by atoms with van der Waals surface area (Å²) in [6, 6.07) is 6.01. The van der Waals surface area contributed by atoms with Gasteiger partial charge in [-0.1, -0.05) is 0 Å². The van der Waals surface area contributed by atoms with Crippen molar-refractivity contribution in [3.05, 3.63) is 44.8 Å². The van der Waals surface area contributed by atoms with Crippen LogP contribution in [0.2, 0.25) is 0 Å². The monoisotopic (exact) mass is 327 g/mol. The Morgan fingerprint density at radius 3 is 2.94 bits per heavy atom. The maximum absolute atomic E-state index is 5.61. The van der Waals surface area contributed by atoms with E-state index in [0.29, 0.717) is 0 Å². The van der Waals surface area contributed by atoms with Crippen LogP contribution in [0.5, 0.6) is 5.75 Å². The molecule has 1 atom stereocenters. The fraction of sp³-hybridized carbons (Fsp3) is 0.250. The van der Waals surface area contributed by atoms with Gasteiger partial charge in [-0.15, -0.1) is 11.3 Å². The highest BCUT2D eigenvalue weighted by atomic mass is 79.9. The van der Waals surface area contributed by atoms with E-state index in [0.717, 1.165) is 27.2 Å². The number of nitrogens with zero attached hydrogens (tertiary/aromatic N) is 1. The van der Waals surface area contributed by atoms with Crippen LogP contribution in [0.3, 0.4) is 0 Å². The van der Waals surface area contributed by atoms with Crippen molar-refractivity contribution in [3.8, 4) is 5.75 Å². The van der Waals surface area contributed by atoms with Crippen molar-refractivity contribution >= 4 is 27.3 Å². The summed E-state index contributed by atoms with van der Waals surface area (Å²) >= 11 is 4.99. The van der Waals surface area contributed by atoms with Gasteiger partial charge in [-0.2, -0.15) is 0 Å². The number of nitrogens with two attached hydrogens (primary N) is 1. The van der Waals surface area contributed by atoms with Crippen molar-refractivity contribution < 1.29 is 4.74 Å². The lowest BCUT2D eigenvalue weighted by Crippen LogP contribution is -2.29. The lowest BCUT2D eigenvalue weighted by molar-refractivity contribution is 0.415. The molecule has 0 aliphatic heterocycles. The number of hydrogen-bond donors (Lipinski definition) is 2. The summed E-state index contributed by atoms with van der Waals surface area (Å²) in [6.45, 7) is 0. The zero-order chi connectivity index (χ0) is 13.0. The molecule has 0 saturated carbocycles. The van der Waals surface area contributed by atoms with Gasteiger partial charge in [0.05, 0.1) is 13.2 Å². The zero-order valence-electron chi connectivity index (χ0n) is 9.89. The molecule has 0 saturated heterocycles. The number of aromatic nitrogens is 1. The second-order valence-electron chi connectivity index (χ2n) is 3.78. The molecule has 1 unspecified atom stereocenters. The Hall–Kier alpha value is -0.950. The van der Waals surface area contributed by atoms with Crippen LogP contribution in [-0.4, -0.2) is 12.1 Å². The smallest absolute Gasteiger partial charge is 0.129 e. The largest absolute Gasteiger partial charge is 0.496 e. The van der Waals surface area contributed by atoms with E-state index in [1.807, 2.05) is 23.6 Å². The molecule has 2 aromatic rings. The minimum absolute atomic E-state index is 0.0487. The third-order valence-electron chi connectivity index (χ3n) is 2.58. The van der Waals surface area contributed by atoms with Gasteiger partial charge in [-0.3, -0.25) is 16.3 Å². The number of nitrogens with one attached hydrogen (secondary N) is 1. The lowest BCUT2D eigenvalue weighted by atomic mass is 10.1. The molecule has 0 spiro atoms. The molecule has 18 heavy (non-hydrogen) atoms. The van der Waals surface area contributed by atoms with E-state index < -0.39 is 0 Å². The van der Waals surface area contributed by atoms with E-state index in [2.05, 4.69) is 26.3 Å². The second kappa shape index (κ2) is 6.29. The van der Waals surface area contributed by atoms with Crippen LogP contribution in [0.25, 0.3) is 0 Å². The number of rotatable bonds is 5. The van der Waals surface area contributed by atoms with Crippen molar-refractivity contribution in [2.24, 2.45) is 5.84 Å². The molecule has 0 bridgehead atoms. The van der Waals surface area contributed by atoms with Crippen molar-refractivity contribution in [2.45, 2.75) is 12.5 Å². The minimum atomic E-state index is 0.0487. The maximum Gasteiger partial charge on any atom is 0.129 e. The van der Waals surface area contributed by atoms with Gasteiger partial charge in [0, 0.05) is 33.0 Å². The summed E-state index contributed by atoms with van der Waals surface area (Å²) in [6.07, 6.45) is 2.53. The summed E-state index contributed by atoms with van der Waals surface area (Å²) in [4.78, 5) is 5.49. The van der Waals surface area contributed by atoms with Gasteiger partial charge in [0.2, 0.25) is 0 Å². The van der Waals surface area contributed by atoms with Gasteiger partial charge in [0.15, 0.2) is 0 Å². The van der Waals surface area contributed by atoms with E-state index in [1.165, 1.54) is 0 Å². The summed E-state index contributed by atoms with van der Waals surface area (Å²) in [5.74, 6) is 6.47. The third kappa shape index (κ3) is 3.29. The van der Waals surface area contributed by atoms with Crippen molar-refractivity contribution in [1.29, 1.82) is 0 Å². The summed E-state index contributed by atoms with van der Waals surface area (Å²) in [5.41, 5.74) is 3.82. The number of hydrazine groups is 1. The SMILES string of the molecule is COc1csc(C(Cc2ccc(Br)cn2)NN)c1. The van der Waals surface area contributed by atoms with Gasteiger partial charge in [-0.25, -0.2) is 0 Å². The number of thiophene rings is 1. The van der Waals surface area contributed by atoms with Gasteiger partial charge >= 0.3 is 0 Å². The molecule has 0 radical (unpaired) electrons. The minimum Gasteiger partial charge on any atom is -0.496 e. The molecule has 0 amide bonds. The Labute approximate surface area is 118 Å². The van der Waals surface area contributed by atoms with E-state index >= 15 is 0 Å². The molecule has 2 rings (SSSR count). The molecule has 6 heteroatoms. The Morgan fingerprint density at radius 2 is 2.39 bits per heavy atom. The van der Waals surface area contributed by atoms with Crippen LogP contribution in [0.1, 0.15) is 16.6 Å². The average Bonchev–Trinajstić information content (AvgIpc) is 2.87. The molecule has 0 aromatic carbocycles. The molecule has 4 nitrogen and oxygen atoms in total. The summed E-state index contributed by atoms with van der Waals surface area (Å²) in [7, 11) is 1.66. The molecule has 2 aromatic heterocycles. The zero-order valence-corrected chi connectivity index (χ0v) is 12.3. The number of methoxy groups -OCH3 is 1. The molecule has 2 heterocycles. The summed E-state index contributed by atoms with van der Waals surface area (Å²) in [5, 5.41) is 1.97. The fourth-order valence-corrected chi connectivity index (χ4v) is 2.75. The number of ether oxygens (including phenoxy) is 1. The Balaban J connectivity index is 2.11. The Bertz CT molecular complexity index is 500. The quantitative estimate of drug-likeness (QED) is 0.654. The molecule has 0 aliphatic carbocycles. The van der Waals surface area contributed by atoms with E-state index in [1.54, 1.807) is 24.6 Å². The van der Waals surface area contributed by atoms with Crippen LogP contribution in [0.15, 0.2) is 34.2 Å². The highest BCUT2D eigenvalue weighted by Gasteiger charge is 2.14. The van der Waals surface area contributed by atoms with Crippen LogP contribution < -0.4 is 16.0 Å². The number of halogens is 1. The van der Waals surface area contributed by atoms with E-state index in [4.69, 9.17) is 10.6 Å². The first kappa shape index (κ1) is 13.5. The molecular formula is C12H14BrN3OS. The van der Waals surface area contributed by atoms with Crippen LogP contribution in [-0.2, 0) is 6.42 Å². The first-order valence-corrected chi connectivity index (χ1v) is 7.09.